The van der Waals surface area contributed by atoms with E-state index in [2.05, 4.69) is 50.4 Å². The summed E-state index contributed by atoms with van der Waals surface area (Å²) >= 11 is 5.72. The summed E-state index contributed by atoms with van der Waals surface area (Å²) in [6, 6.07) is 5.96. The van der Waals surface area contributed by atoms with Gasteiger partial charge in [-0.1, -0.05) is 6.92 Å². The number of hydrogen-bond acceptors (Lipinski definition) is 1. The molecule has 1 aromatic carbocycles. The van der Waals surface area contributed by atoms with Gasteiger partial charge in [0.25, 0.3) is 0 Å². The second-order valence-corrected chi connectivity index (χ2v) is 4.97. The zero-order valence-corrected chi connectivity index (χ0v) is 11.7. The molecule has 0 unspecified atom stereocenters. The predicted octanol–water partition coefficient (Wildman–Crippen LogP) is 3.84. The van der Waals surface area contributed by atoms with Crippen molar-refractivity contribution in [2.24, 2.45) is 10.7 Å². The van der Waals surface area contributed by atoms with Crippen LogP contribution < -0.4 is 5.73 Å². The third kappa shape index (κ3) is 3.57. The third-order valence-electron chi connectivity index (χ3n) is 1.68. The molecule has 0 fully saturated rings. The van der Waals surface area contributed by atoms with Crippen molar-refractivity contribution in [1.29, 1.82) is 0 Å². The van der Waals surface area contributed by atoms with Gasteiger partial charge in [-0.3, -0.25) is 0 Å². The van der Waals surface area contributed by atoms with Gasteiger partial charge in [0.1, 0.15) is 0 Å². The van der Waals surface area contributed by atoms with Crippen LogP contribution in [0.3, 0.4) is 0 Å². The Morgan fingerprint density at radius 2 is 2.29 bits per heavy atom. The molecule has 0 saturated heterocycles. The zero-order valence-electron chi connectivity index (χ0n) is 7.93. The minimum absolute atomic E-state index is 0.695. The summed E-state index contributed by atoms with van der Waals surface area (Å²) in [7, 11) is 0. The van der Waals surface area contributed by atoms with E-state index in [0.717, 1.165) is 23.0 Å². The summed E-state index contributed by atoms with van der Waals surface area (Å²) in [5, 5.41) is 0. The topological polar surface area (TPSA) is 38.4 Å². The molecule has 2 nitrogen and oxygen atoms in total. The molecule has 0 aliphatic carbocycles. The highest BCUT2D eigenvalue weighted by atomic mass is 127. The van der Waals surface area contributed by atoms with Crippen molar-refractivity contribution in [3.63, 3.8) is 0 Å². The quantitative estimate of drug-likeness (QED) is 0.492. The van der Waals surface area contributed by atoms with Crippen LogP contribution in [-0.2, 0) is 0 Å². The summed E-state index contributed by atoms with van der Waals surface area (Å²) in [6.45, 7) is 2.09. The van der Waals surface area contributed by atoms with Crippen LogP contribution in [0, 0.1) is 3.57 Å². The lowest BCUT2D eigenvalue weighted by atomic mass is 10.3. The largest absolute Gasteiger partial charge is 0.387 e. The van der Waals surface area contributed by atoms with E-state index in [1.54, 1.807) is 0 Å². The summed E-state index contributed by atoms with van der Waals surface area (Å²) in [5.74, 6) is 0.695. The SMILES string of the molecule is CCCC(N)=Nc1ccc(I)c(Br)c1. The zero-order chi connectivity index (χ0) is 10.6. The van der Waals surface area contributed by atoms with Gasteiger partial charge in [-0.2, -0.15) is 0 Å². The number of amidine groups is 1. The molecule has 1 aromatic rings. The van der Waals surface area contributed by atoms with Gasteiger partial charge in [-0.15, -0.1) is 0 Å². The Kier molecular flexibility index (Phi) is 4.88. The van der Waals surface area contributed by atoms with Crippen molar-refractivity contribution >= 4 is 50.0 Å². The number of benzene rings is 1. The molecule has 0 radical (unpaired) electrons. The van der Waals surface area contributed by atoms with Gasteiger partial charge in [-0.25, -0.2) is 4.99 Å². The molecule has 0 spiro atoms. The molecule has 14 heavy (non-hydrogen) atoms. The van der Waals surface area contributed by atoms with E-state index in [4.69, 9.17) is 5.73 Å². The summed E-state index contributed by atoms with van der Waals surface area (Å²) in [5.41, 5.74) is 6.64. The van der Waals surface area contributed by atoms with Crippen LogP contribution in [0.5, 0.6) is 0 Å². The van der Waals surface area contributed by atoms with Crippen LogP contribution >= 0.6 is 38.5 Å². The van der Waals surface area contributed by atoms with Crippen molar-refractivity contribution in [2.75, 3.05) is 0 Å². The number of rotatable bonds is 3. The fourth-order valence-corrected chi connectivity index (χ4v) is 1.73. The highest BCUT2D eigenvalue weighted by Gasteiger charge is 1.98. The minimum atomic E-state index is 0.695. The van der Waals surface area contributed by atoms with Gasteiger partial charge in [0.2, 0.25) is 0 Å². The van der Waals surface area contributed by atoms with Crippen molar-refractivity contribution in [2.45, 2.75) is 19.8 Å². The first-order valence-corrected chi connectivity index (χ1v) is 6.28. The molecule has 0 aromatic heterocycles. The monoisotopic (exact) mass is 366 g/mol. The van der Waals surface area contributed by atoms with Gasteiger partial charge >= 0.3 is 0 Å². The summed E-state index contributed by atoms with van der Waals surface area (Å²) < 4.78 is 2.24. The number of aliphatic imine (C=N–C) groups is 1. The minimum Gasteiger partial charge on any atom is -0.387 e. The molecular weight excluding hydrogens is 355 g/mol. The van der Waals surface area contributed by atoms with E-state index in [1.807, 2.05) is 18.2 Å². The van der Waals surface area contributed by atoms with Crippen LogP contribution in [0.2, 0.25) is 0 Å². The van der Waals surface area contributed by atoms with Crippen LogP contribution in [-0.4, -0.2) is 5.84 Å². The number of hydrogen-bond donors (Lipinski definition) is 1. The molecule has 0 bridgehead atoms. The fourth-order valence-electron chi connectivity index (χ4n) is 1.03. The van der Waals surface area contributed by atoms with Crippen LogP contribution in [0.1, 0.15) is 19.8 Å². The van der Waals surface area contributed by atoms with Crippen LogP contribution in [0.25, 0.3) is 0 Å². The standard InChI is InChI=1S/C10H12BrIN2/c1-2-3-10(13)14-7-4-5-9(12)8(11)6-7/h4-6H,2-3H2,1H3,(H2,13,14). The maximum atomic E-state index is 5.74. The maximum Gasteiger partial charge on any atom is 0.0996 e. The molecule has 0 heterocycles. The van der Waals surface area contributed by atoms with Crippen LogP contribution in [0.4, 0.5) is 5.69 Å². The van der Waals surface area contributed by atoms with E-state index >= 15 is 0 Å². The van der Waals surface area contributed by atoms with Crippen molar-refractivity contribution in [1.82, 2.24) is 0 Å². The van der Waals surface area contributed by atoms with Crippen molar-refractivity contribution in [3.05, 3.63) is 26.2 Å². The molecular formula is C10H12BrIN2. The first-order chi connectivity index (χ1) is 6.63. The number of halogens is 2. The van der Waals surface area contributed by atoms with Crippen molar-refractivity contribution < 1.29 is 0 Å². The average molecular weight is 367 g/mol. The van der Waals surface area contributed by atoms with E-state index in [-0.39, 0.29) is 0 Å². The highest BCUT2D eigenvalue weighted by Crippen LogP contribution is 2.24. The Bertz CT molecular complexity index is 350. The van der Waals surface area contributed by atoms with Gasteiger partial charge in [-0.05, 0) is 63.1 Å². The lowest BCUT2D eigenvalue weighted by molar-refractivity contribution is 0.983. The van der Waals surface area contributed by atoms with E-state index in [9.17, 15) is 0 Å². The molecule has 4 heteroatoms. The van der Waals surface area contributed by atoms with E-state index < -0.39 is 0 Å². The second kappa shape index (κ2) is 5.70. The maximum absolute atomic E-state index is 5.74. The van der Waals surface area contributed by atoms with Gasteiger partial charge in [0.15, 0.2) is 0 Å². The predicted molar refractivity (Wildman–Crippen MR) is 73.0 cm³/mol. The van der Waals surface area contributed by atoms with Crippen LogP contribution in [0.15, 0.2) is 27.7 Å². The normalized spacial score (nSPS) is 11.8. The Balaban J connectivity index is 2.87. The smallest absolute Gasteiger partial charge is 0.0996 e. The Hall–Kier alpha value is -0.100. The lowest BCUT2D eigenvalue weighted by Gasteiger charge is -2.00. The summed E-state index contributed by atoms with van der Waals surface area (Å²) in [4.78, 5) is 4.31. The number of nitrogens with two attached hydrogens (primary N) is 1. The van der Waals surface area contributed by atoms with Crippen molar-refractivity contribution in [3.8, 4) is 0 Å². The van der Waals surface area contributed by atoms with Gasteiger partial charge in [0.05, 0.1) is 11.5 Å². The molecule has 0 saturated carbocycles. The molecule has 2 N–H and O–H groups in total. The van der Waals surface area contributed by atoms with E-state index in [1.165, 1.54) is 3.57 Å². The highest BCUT2D eigenvalue weighted by molar-refractivity contribution is 14.1. The Labute approximate surface area is 106 Å². The molecule has 0 aliphatic rings. The van der Waals surface area contributed by atoms with Gasteiger partial charge < -0.3 is 5.73 Å². The molecule has 0 atom stereocenters. The van der Waals surface area contributed by atoms with Gasteiger partial charge in [0, 0.05) is 14.5 Å². The fraction of sp³-hybridized carbons (Fsp3) is 0.300. The number of nitrogens with zero attached hydrogens (tertiary/aromatic N) is 1. The molecule has 76 valence electrons. The Morgan fingerprint density at radius 3 is 2.86 bits per heavy atom. The second-order valence-electron chi connectivity index (χ2n) is 2.95. The summed E-state index contributed by atoms with van der Waals surface area (Å²) in [6.07, 6.45) is 1.88. The van der Waals surface area contributed by atoms with E-state index in [0.29, 0.717) is 5.84 Å². The molecule has 0 aliphatic heterocycles. The Morgan fingerprint density at radius 1 is 1.57 bits per heavy atom. The first-order valence-electron chi connectivity index (χ1n) is 4.41. The first kappa shape index (κ1) is 12.0. The third-order valence-corrected chi connectivity index (χ3v) is 4.02. The lowest BCUT2D eigenvalue weighted by Crippen LogP contribution is -2.09. The molecule has 1 rings (SSSR count). The average Bonchev–Trinajstić information content (AvgIpc) is 2.12. The molecule has 0 amide bonds.